The minimum Gasteiger partial charge on any atom is -0.507 e. The monoisotopic (exact) mass is 434 g/mol. The fourth-order valence-corrected chi connectivity index (χ4v) is 3.70. The average molecular weight is 435 g/mol. The number of nitrogens with zero attached hydrogens (tertiary/aromatic N) is 2. The number of carbonyl (C=O) groups is 2. The second kappa shape index (κ2) is 8.04. The van der Waals surface area contributed by atoms with E-state index in [-0.39, 0.29) is 17.0 Å². The summed E-state index contributed by atoms with van der Waals surface area (Å²) in [6.07, 6.45) is 0. The molecule has 1 atom stereocenters. The molecule has 0 saturated carbocycles. The summed E-state index contributed by atoms with van der Waals surface area (Å²) in [6.45, 7) is 0. The summed E-state index contributed by atoms with van der Waals surface area (Å²) < 4.78 is 0. The minimum absolute atomic E-state index is 0.147. The quantitative estimate of drug-likeness (QED) is 0.207. The number of aliphatic hydroxyl groups is 1. The van der Waals surface area contributed by atoms with E-state index in [0.29, 0.717) is 21.8 Å². The summed E-state index contributed by atoms with van der Waals surface area (Å²) in [5.41, 5.74) is 0.702. The molecule has 4 rings (SSSR count). The Morgan fingerprint density at radius 1 is 0.968 bits per heavy atom. The number of carbonyl (C=O) groups excluding carboxylic acids is 2. The molecule has 0 bridgehead atoms. The van der Waals surface area contributed by atoms with Crippen LogP contribution >= 0.6 is 11.6 Å². The highest BCUT2D eigenvalue weighted by atomic mass is 35.5. The van der Waals surface area contributed by atoms with Crippen LogP contribution in [0.5, 0.6) is 0 Å². The van der Waals surface area contributed by atoms with Gasteiger partial charge in [-0.2, -0.15) is 0 Å². The van der Waals surface area contributed by atoms with Gasteiger partial charge in [0.15, 0.2) is 0 Å². The maximum absolute atomic E-state index is 13.0. The third-order valence-corrected chi connectivity index (χ3v) is 5.25. The van der Waals surface area contributed by atoms with E-state index in [1.165, 1.54) is 23.1 Å². The maximum Gasteiger partial charge on any atom is 0.300 e. The van der Waals surface area contributed by atoms with E-state index in [0.717, 1.165) is 0 Å². The highest BCUT2D eigenvalue weighted by Gasteiger charge is 2.47. The Morgan fingerprint density at radius 2 is 1.65 bits per heavy atom. The minimum atomic E-state index is -1.05. The summed E-state index contributed by atoms with van der Waals surface area (Å²) in [6, 6.07) is 19.2. The second-order valence-corrected chi connectivity index (χ2v) is 7.30. The van der Waals surface area contributed by atoms with Crippen LogP contribution in [0.15, 0.2) is 84.4 Å². The maximum atomic E-state index is 13.0. The van der Waals surface area contributed by atoms with Crippen molar-refractivity contribution in [1.82, 2.24) is 0 Å². The first-order valence-electron chi connectivity index (χ1n) is 9.25. The van der Waals surface area contributed by atoms with Crippen molar-refractivity contribution in [2.75, 3.05) is 4.90 Å². The van der Waals surface area contributed by atoms with Crippen molar-refractivity contribution in [2.24, 2.45) is 0 Å². The number of Topliss-reactive ketones (excluding diaryl/α,β-unsaturated/α-hetero) is 1. The van der Waals surface area contributed by atoms with E-state index in [2.05, 4.69) is 0 Å². The lowest BCUT2D eigenvalue weighted by molar-refractivity contribution is -0.384. The van der Waals surface area contributed by atoms with Gasteiger partial charge < -0.3 is 5.11 Å². The van der Waals surface area contributed by atoms with Gasteiger partial charge in [0, 0.05) is 28.4 Å². The molecule has 1 amide bonds. The number of hydrogen-bond acceptors (Lipinski definition) is 5. The number of halogens is 1. The molecule has 3 aromatic rings. The Bertz CT molecular complexity index is 1220. The van der Waals surface area contributed by atoms with Gasteiger partial charge in [-0.1, -0.05) is 54.1 Å². The van der Waals surface area contributed by atoms with Crippen molar-refractivity contribution in [1.29, 1.82) is 0 Å². The van der Waals surface area contributed by atoms with Crippen LogP contribution < -0.4 is 4.90 Å². The fourth-order valence-electron chi connectivity index (χ4n) is 3.58. The van der Waals surface area contributed by atoms with Crippen LogP contribution in [0, 0.1) is 10.1 Å². The van der Waals surface area contributed by atoms with E-state index in [9.17, 15) is 24.8 Å². The van der Waals surface area contributed by atoms with Gasteiger partial charge in [0.2, 0.25) is 0 Å². The molecule has 0 aliphatic carbocycles. The van der Waals surface area contributed by atoms with Gasteiger partial charge in [0.25, 0.3) is 17.4 Å². The van der Waals surface area contributed by atoms with Crippen molar-refractivity contribution >= 4 is 40.4 Å². The number of ketones is 1. The van der Waals surface area contributed by atoms with Gasteiger partial charge in [0.1, 0.15) is 5.76 Å². The van der Waals surface area contributed by atoms with E-state index in [4.69, 9.17) is 11.6 Å². The molecular formula is C23H15ClN2O5. The van der Waals surface area contributed by atoms with Gasteiger partial charge in [0.05, 0.1) is 16.5 Å². The molecule has 1 aliphatic heterocycles. The molecule has 1 N–H and O–H groups in total. The van der Waals surface area contributed by atoms with Crippen molar-refractivity contribution in [2.45, 2.75) is 6.04 Å². The number of aliphatic hydroxyl groups excluding tert-OH is 1. The Kier molecular flexibility index (Phi) is 5.27. The summed E-state index contributed by atoms with van der Waals surface area (Å²) in [4.78, 5) is 38.0. The van der Waals surface area contributed by atoms with Crippen LogP contribution in [0.4, 0.5) is 11.4 Å². The first-order chi connectivity index (χ1) is 14.9. The standard InChI is InChI=1S/C23H15ClN2O5/c24-16-9-11-17(12-10-16)25-20(15-7-4-8-18(13-15)26(30)31)19(22(28)23(25)29)21(27)14-5-2-1-3-6-14/h1-13,20,27H/b21-19+/t20-/m1/s1. The van der Waals surface area contributed by atoms with Crippen molar-refractivity contribution in [3.05, 3.63) is 111 Å². The SMILES string of the molecule is O=C1C(=O)N(c2ccc(Cl)cc2)[C@H](c2cccc([N+](=O)[O-])c2)/C1=C(\O)c1ccccc1. The summed E-state index contributed by atoms with van der Waals surface area (Å²) in [7, 11) is 0. The van der Waals surface area contributed by atoms with Gasteiger partial charge in [-0.3, -0.25) is 24.6 Å². The van der Waals surface area contributed by atoms with Crippen molar-refractivity contribution in [3.63, 3.8) is 0 Å². The number of amides is 1. The van der Waals surface area contributed by atoms with Crippen LogP contribution in [0.25, 0.3) is 5.76 Å². The lowest BCUT2D eigenvalue weighted by Crippen LogP contribution is -2.29. The first-order valence-corrected chi connectivity index (χ1v) is 9.62. The third-order valence-electron chi connectivity index (χ3n) is 4.99. The van der Waals surface area contributed by atoms with Crippen LogP contribution in [-0.4, -0.2) is 21.7 Å². The number of non-ortho nitro benzene ring substituents is 1. The Balaban J connectivity index is 1.97. The van der Waals surface area contributed by atoms with Gasteiger partial charge in [-0.05, 0) is 29.8 Å². The molecular weight excluding hydrogens is 420 g/mol. The topological polar surface area (TPSA) is 101 Å². The highest BCUT2D eigenvalue weighted by Crippen LogP contribution is 2.42. The molecule has 1 fully saturated rings. The first kappa shape index (κ1) is 20.3. The fraction of sp³-hybridized carbons (Fsp3) is 0.0435. The molecule has 7 nitrogen and oxygen atoms in total. The predicted octanol–water partition coefficient (Wildman–Crippen LogP) is 4.87. The zero-order valence-corrected chi connectivity index (χ0v) is 16.7. The Morgan fingerprint density at radius 3 is 2.29 bits per heavy atom. The molecule has 1 saturated heterocycles. The van der Waals surface area contributed by atoms with Gasteiger partial charge in [-0.25, -0.2) is 0 Å². The third kappa shape index (κ3) is 3.67. The molecule has 1 aliphatic rings. The summed E-state index contributed by atoms with van der Waals surface area (Å²) >= 11 is 5.96. The molecule has 3 aromatic carbocycles. The van der Waals surface area contributed by atoms with E-state index >= 15 is 0 Å². The van der Waals surface area contributed by atoms with E-state index in [1.54, 1.807) is 60.7 Å². The van der Waals surface area contributed by atoms with Crippen LogP contribution in [0.1, 0.15) is 17.2 Å². The molecule has 0 spiro atoms. The number of nitro benzene ring substituents is 1. The van der Waals surface area contributed by atoms with Gasteiger partial charge in [-0.15, -0.1) is 0 Å². The van der Waals surface area contributed by atoms with Crippen molar-refractivity contribution < 1.29 is 19.6 Å². The average Bonchev–Trinajstić information content (AvgIpc) is 3.05. The smallest absolute Gasteiger partial charge is 0.300 e. The second-order valence-electron chi connectivity index (χ2n) is 6.86. The Labute approximate surface area is 182 Å². The molecule has 0 aromatic heterocycles. The number of benzene rings is 3. The summed E-state index contributed by atoms with van der Waals surface area (Å²) in [5, 5.41) is 22.7. The van der Waals surface area contributed by atoms with Crippen LogP contribution in [0.2, 0.25) is 5.02 Å². The normalized spacial score (nSPS) is 17.7. The number of hydrogen-bond donors (Lipinski definition) is 1. The van der Waals surface area contributed by atoms with E-state index in [1.807, 2.05) is 0 Å². The Hall–Kier alpha value is -3.97. The number of nitro groups is 1. The molecule has 8 heteroatoms. The molecule has 31 heavy (non-hydrogen) atoms. The zero-order valence-electron chi connectivity index (χ0n) is 15.9. The predicted molar refractivity (Wildman–Crippen MR) is 116 cm³/mol. The van der Waals surface area contributed by atoms with Gasteiger partial charge >= 0.3 is 0 Å². The number of rotatable bonds is 4. The zero-order chi connectivity index (χ0) is 22.1. The molecule has 0 radical (unpaired) electrons. The largest absolute Gasteiger partial charge is 0.507 e. The number of anilines is 1. The molecule has 0 unspecified atom stereocenters. The lowest BCUT2D eigenvalue weighted by atomic mass is 9.95. The highest BCUT2D eigenvalue weighted by molar-refractivity contribution is 6.51. The van der Waals surface area contributed by atoms with E-state index < -0.39 is 22.7 Å². The van der Waals surface area contributed by atoms with Crippen LogP contribution in [-0.2, 0) is 9.59 Å². The summed E-state index contributed by atoms with van der Waals surface area (Å²) in [5.74, 6) is -2.09. The molecule has 154 valence electrons. The van der Waals surface area contributed by atoms with Crippen LogP contribution in [0.3, 0.4) is 0 Å². The molecule has 1 heterocycles. The lowest BCUT2D eigenvalue weighted by Gasteiger charge is -2.25. The van der Waals surface area contributed by atoms with Crippen molar-refractivity contribution in [3.8, 4) is 0 Å².